The van der Waals surface area contributed by atoms with E-state index < -0.39 is 13.2 Å². The number of carbonyl (C=O) groups is 2. The van der Waals surface area contributed by atoms with Crippen LogP contribution in [0.15, 0.2) is 30.3 Å². The van der Waals surface area contributed by atoms with E-state index in [2.05, 4.69) is 27.7 Å². The molecule has 1 N–H and O–H groups in total. The van der Waals surface area contributed by atoms with Gasteiger partial charge in [0.1, 0.15) is 6.54 Å². The number of hydrogen-bond donors (Lipinski definition) is 1. The smallest absolute Gasteiger partial charge is 0.323 e. The number of carboxylic acids is 1. The van der Waals surface area contributed by atoms with Gasteiger partial charge in [-0.15, -0.1) is 0 Å². The van der Waals surface area contributed by atoms with Crippen LogP contribution in [0.25, 0.3) is 0 Å². The van der Waals surface area contributed by atoms with E-state index in [1.807, 2.05) is 18.2 Å². The highest BCUT2D eigenvalue weighted by Crippen LogP contribution is 2.66. The molecule has 1 aromatic rings. The highest BCUT2D eigenvalue weighted by Gasteiger charge is 2.44. The third kappa shape index (κ3) is 9.31. The van der Waals surface area contributed by atoms with E-state index in [9.17, 15) is 14.7 Å². The molecular formula is C26H45NO3P+. The van der Waals surface area contributed by atoms with Crippen LogP contribution in [0, 0.1) is 0 Å². The lowest BCUT2D eigenvalue weighted by Crippen LogP contribution is -2.42. The SMILES string of the molecule is CCCC[P+](CCCC)(CCCC)C(CCC)CN(CC(=O)O)C(=O)c1ccccc1. The van der Waals surface area contributed by atoms with Crippen molar-refractivity contribution < 1.29 is 14.7 Å². The third-order valence-electron chi connectivity index (χ3n) is 6.33. The number of carboxylic acid groups (broad SMARTS) is 1. The summed E-state index contributed by atoms with van der Waals surface area (Å²) in [6, 6.07) is 9.15. The Bertz CT molecular complexity index is 613. The predicted molar refractivity (Wildman–Crippen MR) is 135 cm³/mol. The lowest BCUT2D eigenvalue weighted by atomic mass is 10.1. The minimum absolute atomic E-state index is 0.149. The van der Waals surface area contributed by atoms with Gasteiger partial charge in [-0.05, 0) is 37.8 Å². The maximum Gasteiger partial charge on any atom is 0.323 e. The van der Waals surface area contributed by atoms with Gasteiger partial charge in [0.05, 0.1) is 30.7 Å². The van der Waals surface area contributed by atoms with E-state index in [1.54, 1.807) is 17.0 Å². The van der Waals surface area contributed by atoms with Crippen LogP contribution in [0.4, 0.5) is 0 Å². The Morgan fingerprint density at radius 3 is 1.81 bits per heavy atom. The average Bonchev–Trinajstić information content (AvgIpc) is 2.78. The Morgan fingerprint density at radius 1 is 0.871 bits per heavy atom. The first-order valence-electron chi connectivity index (χ1n) is 12.4. The molecule has 0 bridgehead atoms. The van der Waals surface area contributed by atoms with Gasteiger partial charge in [-0.3, -0.25) is 9.59 Å². The van der Waals surface area contributed by atoms with E-state index in [4.69, 9.17) is 0 Å². The molecule has 0 spiro atoms. The summed E-state index contributed by atoms with van der Waals surface area (Å²) >= 11 is 0. The summed E-state index contributed by atoms with van der Waals surface area (Å²) in [5.74, 6) is -1.08. The summed E-state index contributed by atoms with van der Waals surface area (Å²) < 4.78 is 0. The minimum Gasteiger partial charge on any atom is -0.480 e. The molecule has 0 fully saturated rings. The maximum absolute atomic E-state index is 13.3. The van der Waals surface area contributed by atoms with Crippen molar-refractivity contribution in [3.63, 3.8) is 0 Å². The van der Waals surface area contributed by atoms with Crippen LogP contribution >= 0.6 is 7.26 Å². The van der Waals surface area contributed by atoms with Crippen LogP contribution in [0.1, 0.15) is 89.4 Å². The molecule has 4 nitrogen and oxygen atoms in total. The van der Waals surface area contributed by atoms with Crippen molar-refractivity contribution in [1.82, 2.24) is 4.90 Å². The van der Waals surface area contributed by atoms with Gasteiger partial charge in [0.15, 0.2) is 0 Å². The van der Waals surface area contributed by atoms with Gasteiger partial charge >= 0.3 is 5.97 Å². The Kier molecular flexibility index (Phi) is 13.7. The molecule has 1 atom stereocenters. The van der Waals surface area contributed by atoms with E-state index in [0.29, 0.717) is 17.8 Å². The first-order valence-corrected chi connectivity index (χ1v) is 14.8. The fourth-order valence-corrected chi connectivity index (χ4v) is 10.5. The van der Waals surface area contributed by atoms with Crippen molar-refractivity contribution in [3.05, 3.63) is 35.9 Å². The predicted octanol–water partition coefficient (Wildman–Crippen LogP) is 6.80. The number of hydrogen-bond acceptors (Lipinski definition) is 2. The van der Waals surface area contributed by atoms with Crippen LogP contribution in [0.2, 0.25) is 0 Å². The second-order valence-corrected chi connectivity index (χ2v) is 13.3. The zero-order chi connectivity index (χ0) is 23.1. The molecule has 5 heteroatoms. The fourth-order valence-electron chi connectivity index (χ4n) is 4.57. The van der Waals surface area contributed by atoms with Gasteiger partial charge in [0.25, 0.3) is 5.91 Å². The van der Waals surface area contributed by atoms with Crippen molar-refractivity contribution in [3.8, 4) is 0 Å². The van der Waals surface area contributed by atoms with Crippen molar-refractivity contribution in [2.45, 2.75) is 84.7 Å². The maximum atomic E-state index is 13.3. The standard InChI is InChI=1S/C26H44NO3P/c1-5-9-18-31(19-10-6-2,20-11-7-3)24(15-8-4)21-27(22-25(28)29)26(30)23-16-13-12-14-17-23/h12-14,16-17,24H,5-11,15,18-22H2,1-4H3/p+1. The summed E-state index contributed by atoms with van der Waals surface area (Å²) in [4.78, 5) is 26.6. The van der Waals surface area contributed by atoms with Crippen molar-refractivity contribution in [2.24, 2.45) is 0 Å². The molecule has 1 aromatic carbocycles. The molecule has 0 saturated carbocycles. The van der Waals surface area contributed by atoms with Gasteiger partial charge in [-0.2, -0.15) is 0 Å². The topological polar surface area (TPSA) is 57.6 Å². The van der Waals surface area contributed by atoms with Crippen LogP contribution in [0.3, 0.4) is 0 Å². The van der Waals surface area contributed by atoms with Crippen LogP contribution in [-0.4, -0.2) is 59.1 Å². The molecule has 1 unspecified atom stereocenters. The van der Waals surface area contributed by atoms with Crippen molar-refractivity contribution in [1.29, 1.82) is 0 Å². The average molecular weight is 451 g/mol. The zero-order valence-electron chi connectivity index (χ0n) is 20.3. The molecule has 176 valence electrons. The second-order valence-electron chi connectivity index (χ2n) is 8.84. The van der Waals surface area contributed by atoms with Gasteiger partial charge in [-0.25, -0.2) is 0 Å². The summed E-state index contributed by atoms with van der Waals surface area (Å²) in [5.41, 5.74) is 1.02. The Balaban J connectivity index is 3.28. The zero-order valence-corrected chi connectivity index (χ0v) is 21.2. The van der Waals surface area contributed by atoms with E-state index in [0.717, 1.165) is 12.8 Å². The fraction of sp³-hybridized carbons (Fsp3) is 0.692. The number of unbranched alkanes of at least 4 members (excludes halogenated alkanes) is 3. The molecule has 0 aliphatic rings. The molecule has 0 aliphatic carbocycles. The first kappa shape index (κ1) is 27.6. The molecule has 0 aliphatic heterocycles. The lowest BCUT2D eigenvalue weighted by Gasteiger charge is -2.38. The Morgan fingerprint density at radius 2 is 1.39 bits per heavy atom. The largest absolute Gasteiger partial charge is 0.480 e. The Hall–Kier alpha value is -1.41. The van der Waals surface area contributed by atoms with Crippen LogP contribution in [0.5, 0.6) is 0 Å². The lowest BCUT2D eigenvalue weighted by molar-refractivity contribution is -0.137. The van der Waals surface area contributed by atoms with Crippen molar-refractivity contribution >= 4 is 19.1 Å². The highest BCUT2D eigenvalue weighted by molar-refractivity contribution is 7.76. The molecule has 1 rings (SSSR count). The van der Waals surface area contributed by atoms with Gasteiger partial charge in [-0.1, -0.05) is 71.6 Å². The van der Waals surface area contributed by atoms with Gasteiger partial charge < -0.3 is 10.0 Å². The van der Waals surface area contributed by atoms with Crippen LogP contribution in [-0.2, 0) is 4.79 Å². The molecule has 0 heterocycles. The summed E-state index contributed by atoms with van der Waals surface area (Å²) in [6.07, 6.45) is 13.3. The number of amides is 1. The molecule has 0 aromatic heterocycles. The molecule has 1 amide bonds. The normalized spacial score (nSPS) is 12.5. The van der Waals surface area contributed by atoms with E-state index in [-0.39, 0.29) is 12.5 Å². The van der Waals surface area contributed by atoms with E-state index >= 15 is 0 Å². The summed E-state index contributed by atoms with van der Waals surface area (Å²) in [5, 5.41) is 9.56. The molecule has 31 heavy (non-hydrogen) atoms. The van der Waals surface area contributed by atoms with Gasteiger partial charge in [0.2, 0.25) is 0 Å². The van der Waals surface area contributed by atoms with Crippen LogP contribution < -0.4 is 0 Å². The summed E-state index contributed by atoms with van der Waals surface area (Å²) in [6.45, 7) is 9.38. The number of rotatable bonds is 17. The second kappa shape index (κ2) is 15.4. The van der Waals surface area contributed by atoms with Crippen molar-refractivity contribution in [2.75, 3.05) is 31.6 Å². The minimum atomic E-state index is -1.29. The summed E-state index contributed by atoms with van der Waals surface area (Å²) in [7, 11) is -1.29. The van der Waals surface area contributed by atoms with E-state index in [1.165, 1.54) is 57.0 Å². The Labute approximate surface area is 191 Å². The van der Waals surface area contributed by atoms with Gasteiger partial charge in [0, 0.05) is 12.8 Å². The number of carbonyl (C=O) groups excluding carboxylic acids is 1. The molecule has 0 radical (unpaired) electrons. The molecule has 0 saturated heterocycles. The number of aliphatic carboxylic acids is 1. The highest BCUT2D eigenvalue weighted by atomic mass is 31.2. The first-order chi connectivity index (χ1) is 14.9. The monoisotopic (exact) mass is 450 g/mol. The third-order valence-corrected chi connectivity index (χ3v) is 11.9. The number of benzene rings is 1. The quantitative estimate of drug-likeness (QED) is 0.266. The molecular weight excluding hydrogens is 405 g/mol. The number of nitrogens with zero attached hydrogens (tertiary/aromatic N) is 1.